The minimum Gasteiger partial charge on any atom is -0.450 e. The second-order valence-electron chi connectivity index (χ2n) is 4.78. The molecule has 0 aliphatic heterocycles. The summed E-state index contributed by atoms with van der Waals surface area (Å²) in [7, 11) is 0. The van der Waals surface area contributed by atoms with Crippen molar-refractivity contribution >= 4 is 5.69 Å². The minimum atomic E-state index is -0.445. The number of hydrogen-bond acceptors (Lipinski definition) is 4. The quantitative estimate of drug-likeness (QED) is 0.541. The topological polar surface area (TPSA) is 70.2 Å². The van der Waals surface area contributed by atoms with Crippen molar-refractivity contribution in [2.75, 3.05) is 0 Å². The van der Waals surface area contributed by atoms with Crippen LogP contribution in [0.3, 0.4) is 0 Å². The molecule has 0 fully saturated rings. The maximum atomic E-state index is 11.1. The van der Waals surface area contributed by atoms with Gasteiger partial charge in [0.05, 0.1) is 10.6 Å². The van der Waals surface area contributed by atoms with E-state index < -0.39 is 4.92 Å². The van der Waals surface area contributed by atoms with Crippen LogP contribution >= 0.6 is 0 Å². The first-order valence-corrected chi connectivity index (χ1v) is 6.66. The molecule has 0 aliphatic rings. The van der Waals surface area contributed by atoms with Crippen LogP contribution in [0.5, 0.6) is 11.5 Å². The average Bonchev–Trinajstić information content (AvgIpc) is 3.03. The van der Waals surface area contributed by atoms with E-state index in [1.165, 1.54) is 6.07 Å². The highest BCUT2D eigenvalue weighted by molar-refractivity contribution is 5.51. The number of rotatable bonds is 4. The molecule has 0 radical (unpaired) electrons. The Labute approximate surface area is 126 Å². The highest BCUT2D eigenvalue weighted by atomic mass is 16.6. The van der Waals surface area contributed by atoms with Crippen molar-refractivity contribution in [1.82, 2.24) is 9.78 Å². The molecule has 0 spiro atoms. The van der Waals surface area contributed by atoms with Crippen LogP contribution in [0.15, 0.2) is 60.9 Å². The van der Waals surface area contributed by atoms with Crippen LogP contribution in [-0.4, -0.2) is 14.7 Å². The van der Waals surface area contributed by atoms with Crippen molar-refractivity contribution < 1.29 is 9.66 Å². The highest BCUT2D eigenvalue weighted by Crippen LogP contribution is 2.32. The van der Waals surface area contributed by atoms with E-state index in [-0.39, 0.29) is 11.4 Å². The zero-order valence-corrected chi connectivity index (χ0v) is 11.8. The van der Waals surface area contributed by atoms with Gasteiger partial charge >= 0.3 is 5.69 Å². The van der Waals surface area contributed by atoms with E-state index in [9.17, 15) is 10.1 Å². The Morgan fingerprint density at radius 2 is 2.05 bits per heavy atom. The van der Waals surface area contributed by atoms with Crippen molar-refractivity contribution in [3.63, 3.8) is 0 Å². The summed E-state index contributed by atoms with van der Waals surface area (Å²) in [5.41, 5.74) is 1.58. The summed E-state index contributed by atoms with van der Waals surface area (Å²) in [6, 6.07) is 13.9. The van der Waals surface area contributed by atoms with Gasteiger partial charge in [0.1, 0.15) is 5.75 Å². The number of aryl methyl sites for hydroxylation is 1. The van der Waals surface area contributed by atoms with Crippen molar-refractivity contribution in [1.29, 1.82) is 0 Å². The molecule has 0 saturated heterocycles. The van der Waals surface area contributed by atoms with Gasteiger partial charge in [-0.15, -0.1) is 0 Å². The molecule has 6 nitrogen and oxygen atoms in total. The zero-order valence-electron chi connectivity index (χ0n) is 11.8. The Bertz CT molecular complexity index is 813. The molecule has 3 rings (SSSR count). The first-order chi connectivity index (χ1) is 10.6. The number of nitro benzene ring substituents is 1. The zero-order chi connectivity index (χ0) is 15.5. The van der Waals surface area contributed by atoms with Crippen LogP contribution in [-0.2, 0) is 0 Å². The molecule has 0 saturated carbocycles. The highest BCUT2D eigenvalue weighted by Gasteiger charge is 2.16. The Morgan fingerprint density at radius 3 is 2.77 bits per heavy atom. The third-order valence-electron chi connectivity index (χ3n) is 3.13. The number of hydrogen-bond donors (Lipinski definition) is 0. The Balaban J connectivity index is 1.94. The summed E-state index contributed by atoms with van der Waals surface area (Å²) in [5, 5.41) is 15.3. The first-order valence-electron chi connectivity index (χ1n) is 6.66. The molecule has 1 aromatic heterocycles. The lowest BCUT2D eigenvalue weighted by atomic mass is 10.2. The summed E-state index contributed by atoms with van der Waals surface area (Å²) in [4.78, 5) is 10.7. The van der Waals surface area contributed by atoms with E-state index >= 15 is 0 Å². The van der Waals surface area contributed by atoms with Gasteiger partial charge in [-0.3, -0.25) is 10.1 Å². The van der Waals surface area contributed by atoms with Gasteiger partial charge in [0.2, 0.25) is 5.75 Å². The van der Waals surface area contributed by atoms with Crippen molar-refractivity contribution in [2.24, 2.45) is 0 Å². The lowest BCUT2D eigenvalue weighted by molar-refractivity contribution is -0.385. The average molecular weight is 295 g/mol. The summed E-state index contributed by atoms with van der Waals surface area (Å²) < 4.78 is 7.37. The van der Waals surface area contributed by atoms with Gasteiger partial charge in [0.15, 0.2) is 0 Å². The molecule has 0 unspecified atom stereocenters. The molecular formula is C16H13N3O3. The molecule has 110 valence electrons. The molecule has 0 aliphatic carbocycles. The van der Waals surface area contributed by atoms with Crippen LogP contribution in [0.4, 0.5) is 5.69 Å². The summed E-state index contributed by atoms with van der Waals surface area (Å²) >= 11 is 0. The van der Waals surface area contributed by atoms with Gasteiger partial charge in [0, 0.05) is 24.5 Å². The first kappa shape index (κ1) is 13.8. The monoisotopic (exact) mass is 295 g/mol. The van der Waals surface area contributed by atoms with E-state index in [2.05, 4.69) is 5.10 Å². The van der Waals surface area contributed by atoms with Gasteiger partial charge < -0.3 is 4.74 Å². The maximum Gasteiger partial charge on any atom is 0.311 e. The largest absolute Gasteiger partial charge is 0.450 e. The predicted molar refractivity (Wildman–Crippen MR) is 81.5 cm³/mol. The molecule has 1 heterocycles. The Morgan fingerprint density at radius 1 is 1.18 bits per heavy atom. The summed E-state index contributed by atoms with van der Waals surface area (Å²) in [6.45, 7) is 1.80. The van der Waals surface area contributed by atoms with Gasteiger partial charge in [-0.25, -0.2) is 4.68 Å². The number of aromatic nitrogens is 2. The van der Waals surface area contributed by atoms with Gasteiger partial charge in [0.25, 0.3) is 0 Å². The molecule has 0 N–H and O–H groups in total. The van der Waals surface area contributed by atoms with Gasteiger partial charge in [-0.2, -0.15) is 5.10 Å². The fourth-order valence-corrected chi connectivity index (χ4v) is 2.09. The molecule has 0 bridgehead atoms. The Kier molecular flexibility index (Phi) is 3.57. The third kappa shape index (κ3) is 2.80. The molecule has 0 atom stereocenters. The molecule has 22 heavy (non-hydrogen) atoms. The van der Waals surface area contributed by atoms with Crippen molar-refractivity contribution in [3.05, 3.63) is 76.6 Å². The number of nitro groups is 1. The van der Waals surface area contributed by atoms with Gasteiger partial charge in [-0.05, 0) is 36.8 Å². The lowest BCUT2D eigenvalue weighted by Gasteiger charge is -2.08. The van der Waals surface area contributed by atoms with Crippen LogP contribution in [0.2, 0.25) is 0 Å². The third-order valence-corrected chi connectivity index (χ3v) is 3.13. The molecule has 6 heteroatoms. The smallest absolute Gasteiger partial charge is 0.311 e. The van der Waals surface area contributed by atoms with Crippen LogP contribution in [0, 0.1) is 17.0 Å². The molecular weight excluding hydrogens is 282 g/mol. The summed E-state index contributed by atoms with van der Waals surface area (Å²) in [5.74, 6) is 0.730. The van der Waals surface area contributed by atoms with Crippen LogP contribution in [0.1, 0.15) is 5.56 Å². The number of nitrogens with zero attached hydrogens (tertiary/aromatic N) is 3. The lowest BCUT2D eigenvalue weighted by Crippen LogP contribution is -1.96. The normalized spacial score (nSPS) is 10.4. The standard InChI is InChI=1S/C16H13N3O3/c1-12-6-7-16(15(10-12)19(20)21)22-14-5-2-4-13(11-14)18-9-3-8-17-18/h2-11H,1H3. The maximum absolute atomic E-state index is 11.1. The molecule has 0 amide bonds. The number of ether oxygens (including phenoxy) is 1. The van der Waals surface area contributed by atoms with Crippen LogP contribution in [0.25, 0.3) is 5.69 Å². The summed E-state index contributed by atoms with van der Waals surface area (Å²) in [6.07, 6.45) is 3.49. The molecule has 3 aromatic rings. The minimum absolute atomic E-state index is 0.0514. The SMILES string of the molecule is Cc1ccc(Oc2cccc(-n3cccn3)c2)c([N+](=O)[O-])c1. The van der Waals surface area contributed by atoms with E-state index in [0.29, 0.717) is 5.75 Å². The van der Waals surface area contributed by atoms with Crippen molar-refractivity contribution in [3.8, 4) is 17.2 Å². The number of benzene rings is 2. The predicted octanol–water partition coefficient (Wildman–Crippen LogP) is 3.88. The second-order valence-corrected chi connectivity index (χ2v) is 4.78. The second kappa shape index (κ2) is 5.69. The fourth-order valence-electron chi connectivity index (χ4n) is 2.09. The van der Waals surface area contributed by atoms with Crippen LogP contribution < -0.4 is 4.74 Å². The Hall–Kier alpha value is -3.15. The molecule has 2 aromatic carbocycles. The van der Waals surface area contributed by atoms with Crippen molar-refractivity contribution in [2.45, 2.75) is 6.92 Å². The van der Waals surface area contributed by atoms with E-state index in [0.717, 1.165) is 11.3 Å². The van der Waals surface area contributed by atoms with E-state index in [1.54, 1.807) is 42.1 Å². The van der Waals surface area contributed by atoms with Gasteiger partial charge in [-0.1, -0.05) is 12.1 Å². The fraction of sp³-hybridized carbons (Fsp3) is 0.0625. The van der Waals surface area contributed by atoms with E-state index in [1.807, 2.05) is 24.4 Å². The van der Waals surface area contributed by atoms with E-state index in [4.69, 9.17) is 4.74 Å².